The van der Waals surface area contributed by atoms with Crippen LogP contribution in [0.15, 0.2) is 23.4 Å². The first-order chi connectivity index (χ1) is 9.13. The van der Waals surface area contributed by atoms with Gasteiger partial charge >= 0.3 is 6.09 Å². The number of amides is 1. The van der Waals surface area contributed by atoms with Gasteiger partial charge in [0.05, 0.1) is 28.9 Å². The van der Waals surface area contributed by atoms with Gasteiger partial charge in [0.15, 0.2) is 5.16 Å². The third-order valence-corrected chi connectivity index (χ3v) is 3.90. The van der Waals surface area contributed by atoms with Crippen LogP contribution in [0.25, 0.3) is 11.0 Å². The highest BCUT2D eigenvalue weighted by Gasteiger charge is 2.10. The summed E-state index contributed by atoms with van der Waals surface area (Å²) in [5, 5.41) is 3.03. The zero-order chi connectivity index (χ0) is 13.8. The summed E-state index contributed by atoms with van der Waals surface area (Å²) in [6.07, 6.45) is 0.298. The molecule has 1 aromatic carbocycles. The zero-order valence-electron chi connectivity index (χ0n) is 11.1. The van der Waals surface area contributed by atoms with Crippen molar-refractivity contribution in [3.8, 4) is 0 Å². The number of hydrogen-bond donors (Lipinski definition) is 2. The van der Waals surface area contributed by atoms with Gasteiger partial charge < -0.3 is 9.72 Å². The molecular weight excluding hydrogens is 302 g/mol. The van der Waals surface area contributed by atoms with Gasteiger partial charge in [-0.15, -0.1) is 12.4 Å². The lowest BCUT2D eigenvalue weighted by molar-refractivity contribution is 0.187. The minimum atomic E-state index is -1.11. The first-order valence-electron chi connectivity index (χ1n) is 5.87. The van der Waals surface area contributed by atoms with Gasteiger partial charge in [-0.2, -0.15) is 0 Å². The first kappa shape index (κ1) is 16.5. The van der Waals surface area contributed by atoms with Crippen molar-refractivity contribution >= 4 is 46.0 Å². The van der Waals surface area contributed by atoms with E-state index >= 15 is 0 Å². The number of anilines is 1. The lowest BCUT2D eigenvalue weighted by Crippen LogP contribution is -2.10. The van der Waals surface area contributed by atoms with Crippen molar-refractivity contribution in [2.75, 3.05) is 18.2 Å². The van der Waals surface area contributed by atoms with Crippen LogP contribution in [0.5, 0.6) is 0 Å². The Morgan fingerprint density at radius 2 is 2.25 bits per heavy atom. The maximum Gasteiger partial charge on any atom is 0.411 e. The Balaban J connectivity index is 0.00000200. The van der Waals surface area contributed by atoms with E-state index in [4.69, 9.17) is 0 Å². The SMILES string of the molecule is CCCS(=O)c1nc2ccc(NC(=O)OC)cc2[nH]1.Cl. The van der Waals surface area contributed by atoms with Crippen LogP contribution in [0.1, 0.15) is 13.3 Å². The molecule has 0 saturated carbocycles. The van der Waals surface area contributed by atoms with E-state index in [1.165, 1.54) is 7.11 Å². The van der Waals surface area contributed by atoms with Crippen LogP contribution < -0.4 is 5.32 Å². The van der Waals surface area contributed by atoms with Crippen molar-refractivity contribution < 1.29 is 13.7 Å². The Morgan fingerprint density at radius 1 is 1.50 bits per heavy atom. The fourth-order valence-corrected chi connectivity index (χ4v) is 2.61. The van der Waals surface area contributed by atoms with E-state index in [0.29, 0.717) is 16.6 Å². The van der Waals surface area contributed by atoms with E-state index in [1.807, 2.05) is 6.92 Å². The standard InChI is InChI=1S/C12H15N3O3S.ClH/c1-3-6-19(17)11-14-9-5-4-8(7-10(9)15-11)13-12(16)18-2;/h4-5,7H,3,6H2,1-2H3,(H,13,16)(H,14,15);1H. The van der Waals surface area contributed by atoms with E-state index in [0.717, 1.165) is 17.5 Å². The van der Waals surface area contributed by atoms with Crippen molar-refractivity contribution in [1.29, 1.82) is 0 Å². The predicted molar refractivity (Wildman–Crippen MR) is 80.9 cm³/mol. The topological polar surface area (TPSA) is 84.1 Å². The average molecular weight is 318 g/mol. The van der Waals surface area contributed by atoms with Crippen molar-refractivity contribution in [2.24, 2.45) is 0 Å². The minimum Gasteiger partial charge on any atom is -0.453 e. The zero-order valence-corrected chi connectivity index (χ0v) is 12.8. The number of nitrogens with zero attached hydrogens (tertiary/aromatic N) is 1. The molecule has 0 saturated heterocycles. The maximum absolute atomic E-state index is 11.9. The number of rotatable bonds is 4. The molecule has 1 unspecified atom stereocenters. The van der Waals surface area contributed by atoms with Gasteiger partial charge in [-0.3, -0.25) is 9.53 Å². The molecule has 6 nitrogen and oxygen atoms in total. The molecular formula is C12H16ClN3O3S. The Hall–Kier alpha value is -1.60. The second-order valence-corrected chi connectivity index (χ2v) is 5.43. The van der Waals surface area contributed by atoms with E-state index < -0.39 is 16.9 Å². The summed E-state index contributed by atoms with van der Waals surface area (Å²) in [5.41, 5.74) is 2.04. The lowest BCUT2D eigenvalue weighted by Gasteiger charge is -2.02. The minimum absolute atomic E-state index is 0. The monoisotopic (exact) mass is 317 g/mol. The highest BCUT2D eigenvalue weighted by atomic mass is 35.5. The number of ether oxygens (including phenoxy) is 1. The third-order valence-electron chi connectivity index (χ3n) is 2.50. The van der Waals surface area contributed by atoms with Crippen LogP contribution in [-0.4, -0.2) is 33.1 Å². The molecule has 0 fully saturated rings. The van der Waals surface area contributed by atoms with Gasteiger partial charge in [-0.1, -0.05) is 6.92 Å². The number of hydrogen-bond acceptors (Lipinski definition) is 4. The normalized spacial score (nSPS) is 11.7. The number of nitrogens with one attached hydrogen (secondary N) is 2. The van der Waals surface area contributed by atoms with Gasteiger partial charge in [0.25, 0.3) is 0 Å². The van der Waals surface area contributed by atoms with Crippen molar-refractivity contribution in [3.05, 3.63) is 18.2 Å². The van der Waals surface area contributed by atoms with E-state index in [1.54, 1.807) is 18.2 Å². The number of imidazole rings is 1. The summed E-state index contributed by atoms with van der Waals surface area (Å²) < 4.78 is 16.4. The van der Waals surface area contributed by atoms with E-state index in [-0.39, 0.29) is 12.4 Å². The fourth-order valence-electron chi connectivity index (χ4n) is 1.62. The Bertz CT molecular complexity index is 629. The second kappa shape index (κ2) is 7.25. The van der Waals surface area contributed by atoms with Crippen LogP contribution in [0.2, 0.25) is 0 Å². The number of methoxy groups -OCH3 is 1. The lowest BCUT2D eigenvalue weighted by atomic mass is 10.3. The molecule has 2 rings (SSSR count). The number of aromatic amines is 1. The predicted octanol–water partition coefficient (Wildman–Crippen LogP) is 2.68. The Labute approximate surface area is 125 Å². The highest BCUT2D eigenvalue weighted by molar-refractivity contribution is 7.84. The number of aromatic nitrogens is 2. The van der Waals surface area contributed by atoms with Gasteiger partial charge in [0.2, 0.25) is 0 Å². The molecule has 0 aliphatic carbocycles. The number of benzene rings is 1. The van der Waals surface area contributed by atoms with Gasteiger partial charge in [-0.05, 0) is 24.6 Å². The number of halogens is 1. The molecule has 1 atom stereocenters. The smallest absolute Gasteiger partial charge is 0.411 e. The van der Waals surface area contributed by atoms with E-state index in [2.05, 4.69) is 20.0 Å². The molecule has 1 amide bonds. The number of H-pyrrole nitrogens is 1. The molecule has 2 N–H and O–H groups in total. The number of fused-ring (bicyclic) bond motifs is 1. The van der Waals surface area contributed by atoms with Crippen LogP contribution in [0.3, 0.4) is 0 Å². The molecule has 20 heavy (non-hydrogen) atoms. The fraction of sp³-hybridized carbons (Fsp3) is 0.333. The molecule has 0 bridgehead atoms. The first-order valence-corrected chi connectivity index (χ1v) is 7.19. The second-order valence-electron chi connectivity index (χ2n) is 3.94. The van der Waals surface area contributed by atoms with Crippen LogP contribution in [-0.2, 0) is 15.5 Å². The summed E-state index contributed by atoms with van der Waals surface area (Å²) >= 11 is 0. The quantitative estimate of drug-likeness (QED) is 0.908. The Morgan fingerprint density at radius 3 is 2.90 bits per heavy atom. The molecule has 1 heterocycles. The summed E-state index contributed by atoms with van der Waals surface area (Å²) in [7, 11) is 0.188. The molecule has 0 spiro atoms. The van der Waals surface area contributed by atoms with E-state index in [9.17, 15) is 9.00 Å². The number of carbonyl (C=O) groups excluding carboxylic acids is 1. The van der Waals surface area contributed by atoms with Crippen molar-refractivity contribution in [3.63, 3.8) is 0 Å². The summed E-state index contributed by atoms with van der Waals surface area (Å²) in [5.74, 6) is 0.576. The van der Waals surface area contributed by atoms with Crippen LogP contribution >= 0.6 is 12.4 Å². The molecule has 0 radical (unpaired) electrons. The molecule has 0 aliphatic rings. The molecule has 0 aliphatic heterocycles. The summed E-state index contributed by atoms with van der Waals surface area (Å²) in [6.45, 7) is 1.97. The van der Waals surface area contributed by atoms with Gasteiger partial charge in [-0.25, -0.2) is 9.78 Å². The van der Waals surface area contributed by atoms with Crippen LogP contribution in [0, 0.1) is 0 Å². The molecule has 2 aromatic rings. The van der Waals surface area contributed by atoms with Crippen molar-refractivity contribution in [1.82, 2.24) is 9.97 Å². The van der Waals surface area contributed by atoms with Gasteiger partial charge in [0.1, 0.15) is 0 Å². The molecule has 1 aromatic heterocycles. The van der Waals surface area contributed by atoms with Crippen LogP contribution in [0.4, 0.5) is 10.5 Å². The molecule has 8 heteroatoms. The average Bonchev–Trinajstić information content (AvgIpc) is 2.82. The molecule has 110 valence electrons. The number of carbonyl (C=O) groups is 1. The largest absolute Gasteiger partial charge is 0.453 e. The van der Waals surface area contributed by atoms with Gasteiger partial charge in [0, 0.05) is 11.4 Å². The Kier molecular flexibility index (Phi) is 5.97. The maximum atomic E-state index is 11.9. The summed E-state index contributed by atoms with van der Waals surface area (Å²) in [6, 6.07) is 5.20. The summed E-state index contributed by atoms with van der Waals surface area (Å²) in [4.78, 5) is 18.4. The highest BCUT2D eigenvalue weighted by Crippen LogP contribution is 2.19. The van der Waals surface area contributed by atoms with Crippen molar-refractivity contribution in [2.45, 2.75) is 18.5 Å². The third kappa shape index (κ3) is 3.71.